The number of methoxy groups -OCH3 is 1. The van der Waals surface area contributed by atoms with Gasteiger partial charge in [-0.15, -0.1) is 0 Å². The van der Waals surface area contributed by atoms with Crippen molar-refractivity contribution >= 4 is 5.78 Å². The molecule has 0 unspecified atom stereocenters. The van der Waals surface area contributed by atoms with Gasteiger partial charge in [-0.05, 0) is 37.1 Å². The maximum atomic E-state index is 11.8. The maximum Gasteiger partial charge on any atom is 0.176 e. The number of rotatable bonds is 8. The van der Waals surface area contributed by atoms with Crippen LogP contribution < -0.4 is 10.1 Å². The summed E-state index contributed by atoms with van der Waals surface area (Å²) in [6.45, 7) is 1.64. The van der Waals surface area contributed by atoms with Crippen LogP contribution in [0.5, 0.6) is 5.75 Å². The predicted octanol–water partition coefficient (Wildman–Crippen LogP) is 1.65. The molecule has 1 fully saturated rings. The first-order chi connectivity index (χ1) is 8.79. The third-order valence-corrected chi connectivity index (χ3v) is 2.77. The summed E-state index contributed by atoms with van der Waals surface area (Å²) in [5, 5.41) is 3.04. The molecule has 0 spiro atoms. The highest BCUT2D eigenvalue weighted by molar-refractivity contribution is 5.97. The first-order valence-electron chi connectivity index (χ1n) is 6.29. The lowest BCUT2D eigenvalue weighted by Crippen LogP contribution is -2.26. The molecule has 0 aromatic heterocycles. The summed E-state index contributed by atoms with van der Waals surface area (Å²) < 4.78 is 10.5. The highest BCUT2D eigenvalue weighted by atomic mass is 16.5. The van der Waals surface area contributed by atoms with Gasteiger partial charge in [-0.2, -0.15) is 0 Å². The Bertz CT molecular complexity index is 385. The molecule has 1 aromatic rings. The lowest BCUT2D eigenvalue weighted by Gasteiger charge is -2.06. The van der Waals surface area contributed by atoms with E-state index in [-0.39, 0.29) is 5.78 Å². The number of hydrogen-bond acceptors (Lipinski definition) is 4. The van der Waals surface area contributed by atoms with Crippen molar-refractivity contribution in [2.45, 2.75) is 18.9 Å². The van der Waals surface area contributed by atoms with Crippen LogP contribution in [0.15, 0.2) is 24.3 Å². The second-order valence-corrected chi connectivity index (χ2v) is 4.43. The van der Waals surface area contributed by atoms with Crippen molar-refractivity contribution in [3.63, 3.8) is 0 Å². The second kappa shape index (κ2) is 6.52. The van der Waals surface area contributed by atoms with Crippen LogP contribution >= 0.6 is 0 Å². The molecule has 98 valence electrons. The zero-order valence-corrected chi connectivity index (χ0v) is 10.6. The number of ketones is 1. The number of carbonyl (C=O) groups is 1. The molecule has 0 saturated heterocycles. The van der Waals surface area contributed by atoms with Crippen LogP contribution in [0.25, 0.3) is 0 Å². The molecule has 1 N–H and O–H groups in total. The fourth-order valence-electron chi connectivity index (χ4n) is 1.58. The van der Waals surface area contributed by atoms with Gasteiger partial charge >= 0.3 is 0 Å². The molecule has 0 amide bonds. The number of carbonyl (C=O) groups excluding carboxylic acids is 1. The van der Waals surface area contributed by atoms with E-state index < -0.39 is 0 Å². The van der Waals surface area contributed by atoms with E-state index in [1.807, 2.05) is 24.3 Å². The molecule has 1 aromatic carbocycles. The fraction of sp³-hybridized carbons (Fsp3) is 0.500. The van der Waals surface area contributed by atoms with Crippen molar-refractivity contribution in [2.24, 2.45) is 0 Å². The minimum Gasteiger partial charge on any atom is -0.490 e. The Labute approximate surface area is 107 Å². The van der Waals surface area contributed by atoms with E-state index in [1.54, 1.807) is 7.11 Å². The first kappa shape index (κ1) is 13.1. The number of ether oxygens (including phenoxy) is 2. The minimum absolute atomic E-state index is 0.0871. The van der Waals surface area contributed by atoms with Gasteiger partial charge in [-0.25, -0.2) is 0 Å². The van der Waals surface area contributed by atoms with Crippen molar-refractivity contribution in [1.29, 1.82) is 0 Å². The first-order valence-corrected chi connectivity index (χ1v) is 6.29. The molecule has 1 aliphatic rings. The molecule has 1 saturated carbocycles. The van der Waals surface area contributed by atoms with E-state index in [0.717, 1.165) is 18.6 Å². The van der Waals surface area contributed by atoms with Gasteiger partial charge in [0.15, 0.2) is 5.78 Å². The molecular formula is C14H19NO3. The zero-order valence-electron chi connectivity index (χ0n) is 10.6. The number of Topliss-reactive ketones (excluding diaryl/α,β-unsaturated/α-hetero) is 1. The van der Waals surface area contributed by atoms with Gasteiger partial charge < -0.3 is 14.8 Å². The Balaban J connectivity index is 1.78. The third-order valence-electron chi connectivity index (χ3n) is 2.77. The van der Waals surface area contributed by atoms with E-state index in [2.05, 4.69) is 5.32 Å². The van der Waals surface area contributed by atoms with Crippen molar-refractivity contribution < 1.29 is 14.3 Å². The largest absolute Gasteiger partial charge is 0.490 e. The predicted molar refractivity (Wildman–Crippen MR) is 69.2 cm³/mol. The molecule has 0 atom stereocenters. The van der Waals surface area contributed by atoms with E-state index in [9.17, 15) is 4.79 Å². The van der Waals surface area contributed by atoms with Gasteiger partial charge in [0.1, 0.15) is 5.75 Å². The lowest BCUT2D eigenvalue weighted by molar-refractivity contribution is 0.0987. The van der Waals surface area contributed by atoms with Gasteiger partial charge in [-0.3, -0.25) is 4.79 Å². The molecule has 0 heterocycles. The van der Waals surface area contributed by atoms with E-state index in [0.29, 0.717) is 31.4 Å². The molecule has 2 rings (SSSR count). The van der Waals surface area contributed by atoms with Crippen LogP contribution in [-0.2, 0) is 4.74 Å². The highest BCUT2D eigenvalue weighted by Crippen LogP contribution is 2.26. The van der Waals surface area contributed by atoms with E-state index in [1.165, 1.54) is 0 Å². The van der Waals surface area contributed by atoms with Gasteiger partial charge in [-0.1, -0.05) is 0 Å². The molecule has 4 heteroatoms. The highest BCUT2D eigenvalue weighted by Gasteiger charge is 2.23. The van der Waals surface area contributed by atoms with E-state index >= 15 is 0 Å². The van der Waals surface area contributed by atoms with Crippen LogP contribution in [0, 0.1) is 0 Å². The Morgan fingerprint density at radius 1 is 1.33 bits per heavy atom. The van der Waals surface area contributed by atoms with Crippen LogP contribution in [-0.4, -0.2) is 38.7 Å². The topological polar surface area (TPSA) is 47.6 Å². The Hall–Kier alpha value is -1.39. The number of hydrogen-bond donors (Lipinski definition) is 1. The molecular weight excluding hydrogens is 230 g/mol. The van der Waals surface area contributed by atoms with Crippen molar-refractivity contribution in [3.8, 4) is 5.75 Å². The van der Waals surface area contributed by atoms with Crippen molar-refractivity contribution in [2.75, 3.05) is 26.8 Å². The average Bonchev–Trinajstić information content (AvgIpc) is 3.19. The van der Waals surface area contributed by atoms with Gasteiger partial charge in [0.2, 0.25) is 0 Å². The van der Waals surface area contributed by atoms with Crippen molar-refractivity contribution in [3.05, 3.63) is 29.8 Å². The summed E-state index contributed by atoms with van der Waals surface area (Å²) in [7, 11) is 1.64. The van der Waals surface area contributed by atoms with Crippen LogP contribution in [0.4, 0.5) is 0 Å². The average molecular weight is 249 g/mol. The molecule has 1 aliphatic carbocycles. The summed E-state index contributed by atoms with van der Waals surface area (Å²) in [6.07, 6.45) is 2.68. The van der Waals surface area contributed by atoms with Crippen LogP contribution in [0.3, 0.4) is 0 Å². The Morgan fingerprint density at radius 3 is 2.67 bits per heavy atom. The molecule has 0 aliphatic heterocycles. The maximum absolute atomic E-state index is 11.8. The number of benzene rings is 1. The zero-order chi connectivity index (χ0) is 12.8. The van der Waals surface area contributed by atoms with Gasteiger partial charge in [0.25, 0.3) is 0 Å². The summed E-state index contributed by atoms with van der Waals surface area (Å²) >= 11 is 0. The quantitative estimate of drug-likeness (QED) is 0.562. The van der Waals surface area contributed by atoms with Crippen molar-refractivity contribution in [1.82, 2.24) is 5.32 Å². The monoisotopic (exact) mass is 249 g/mol. The summed E-state index contributed by atoms with van der Waals surface area (Å²) in [5.41, 5.74) is 0.711. The molecule has 4 nitrogen and oxygen atoms in total. The smallest absolute Gasteiger partial charge is 0.176 e. The summed E-state index contributed by atoms with van der Waals surface area (Å²) in [4.78, 5) is 11.8. The minimum atomic E-state index is 0.0871. The Morgan fingerprint density at radius 2 is 2.06 bits per heavy atom. The number of nitrogens with one attached hydrogen (secondary N) is 1. The van der Waals surface area contributed by atoms with Crippen LogP contribution in [0.2, 0.25) is 0 Å². The normalized spacial score (nSPS) is 14.5. The lowest BCUT2D eigenvalue weighted by atomic mass is 10.1. The third kappa shape index (κ3) is 4.13. The summed E-state index contributed by atoms with van der Waals surface area (Å²) in [5.74, 6) is 0.936. The van der Waals surface area contributed by atoms with E-state index in [4.69, 9.17) is 9.47 Å². The van der Waals surface area contributed by atoms with Gasteiger partial charge in [0, 0.05) is 19.2 Å². The van der Waals surface area contributed by atoms with Gasteiger partial charge in [0.05, 0.1) is 19.3 Å². The molecule has 18 heavy (non-hydrogen) atoms. The fourth-order valence-corrected chi connectivity index (χ4v) is 1.58. The van der Waals surface area contributed by atoms with Crippen LogP contribution in [0.1, 0.15) is 23.2 Å². The SMILES string of the molecule is COCCNCC(=O)c1ccc(OC2CC2)cc1. The second-order valence-electron chi connectivity index (χ2n) is 4.43. The molecule has 0 bridgehead atoms. The Kier molecular flexibility index (Phi) is 4.73. The standard InChI is InChI=1S/C14H19NO3/c1-17-9-8-15-10-14(16)11-2-4-12(5-3-11)18-13-6-7-13/h2-5,13,15H,6-10H2,1H3. The summed E-state index contributed by atoms with van der Waals surface area (Å²) in [6, 6.07) is 7.36. The molecule has 0 radical (unpaired) electrons.